The first kappa shape index (κ1) is 6.74. The topological polar surface area (TPSA) is 43.2 Å². The van der Waals surface area contributed by atoms with Crippen LogP contribution >= 0.6 is 0 Å². The molecule has 0 aliphatic heterocycles. The number of amides is 1. The third-order valence-corrected chi connectivity index (χ3v) is 1.21. The Balaban J connectivity index is 2.85. The fourth-order valence-corrected chi connectivity index (χ4v) is 0.683. The van der Waals surface area contributed by atoms with E-state index in [1.165, 1.54) is 0 Å². The zero-order chi connectivity index (χ0) is 7.40. The van der Waals surface area contributed by atoms with Gasteiger partial charge >= 0.3 is 0 Å². The summed E-state index contributed by atoms with van der Waals surface area (Å²) < 4.78 is 0. The Morgan fingerprint density at radius 1 is 1.50 bits per heavy atom. The van der Waals surface area contributed by atoms with Crippen LogP contribution in [0.3, 0.4) is 0 Å². The molecule has 0 saturated heterocycles. The first-order valence-electron chi connectivity index (χ1n) is 3.03. The number of hydrogen-bond acceptors (Lipinski definition) is 1. The van der Waals surface area contributed by atoms with Gasteiger partial charge in [0.2, 0.25) is 0 Å². The number of rotatable bonds is 1. The van der Waals surface area contributed by atoms with Gasteiger partial charge < -0.3 is 5.32 Å². The second-order valence-electron chi connectivity index (χ2n) is 1.87. The summed E-state index contributed by atoms with van der Waals surface area (Å²) in [6.07, 6.45) is 3.43. The number of H-pyrrole nitrogens is 1. The quantitative estimate of drug-likeness (QED) is 0.575. The minimum atomic E-state index is -0.0611. The summed E-state index contributed by atoms with van der Waals surface area (Å²) in [5, 5.41) is 2.53. The number of pyridine rings is 1. The summed E-state index contributed by atoms with van der Waals surface area (Å²) in [7, 11) is 1.61. The number of aromatic nitrogens is 1. The van der Waals surface area contributed by atoms with Crippen LogP contribution in [-0.4, -0.2) is 13.0 Å². The van der Waals surface area contributed by atoms with Gasteiger partial charge in [-0.1, -0.05) is 0 Å². The van der Waals surface area contributed by atoms with Crippen LogP contribution < -0.4 is 10.3 Å². The lowest BCUT2D eigenvalue weighted by Crippen LogP contribution is -2.18. The Labute approximate surface area is 59.1 Å². The predicted molar refractivity (Wildman–Crippen MR) is 36.4 cm³/mol. The van der Waals surface area contributed by atoms with E-state index in [1.54, 1.807) is 31.6 Å². The van der Waals surface area contributed by atoms with E-state index >= 15 is 0 Å². The first-order valence-corrected chi connectivity index (χ1v) is 3.03. The van der Waals surface area contributed by atoms with Gasteiger partial charge in [0.25, 0.3) is 5.91 Å². The van der Waals surface area contributed by atoms with Crippen molar-refractivity contribution in [2.24, 2.45) is 0 Å². The molecule has 1 heterocycles. The Bertz CT molecular complexity index is 220. The summed E-state index contributed by atoms with van der Waals surface area (Å²) >= 11 is 0. The molecule has 1 amide bonds. The maximum atomic E-state index is 10.9. The van der Waals surface area contributed by atoms with Crippen LogP contribution in [0, 0.1) is 0 Å². The molecule has 0 aromatic carbocycles. The van der Waals surface area contributed by atoms with Crippen molar-refractivity contribution in [1.82, 2.24) is 5.32 Å². The number of hydrogen-bond donors (Lipinski definition) is 1. The smallest absolute Gasteiger partial charge is 0.251 e. The fraction of sp³-hybridized carbons (Fsp3) is 0.143. The molecule has 10 heavy (non-hydrogen) atoms. The van der Waals surface area contributed by atoms with E-state index in [9.17, 15) is 4.79 Å². The van der Waals surface area contributed by atoms with Crippen molar-refractivity contribution >= 4 is 5.91 Å². The fourth-order valence-electron chi connectivity index (χ4n) is 0.683. The monoisotopic (exact) mass is 137 g/mol. The maximum Gasteiger partial charge on any atom is 0.251 e. The van der Waals surface area contributed by atoms with Gasteiger partial charge in [-0.05, 0) is 0 Å². The molecule has 0 radical (unpaired) electrons. The largest absolute Gasteiger partial charge is 0.355 e. The second-order valence-corrected chi connectivity index (χ2v) is 1.87. The van der Waals surface area contributed by atoms with Gasteiger partial charge in [-0.15, -0.1) is 0 Å². The third kappa shape index (κ3) is 1.31. The van der Waals surface area contributed by atoms with Crippen LogP contribution in [0.2, 0.25) is 0 Å². The zero-order valence-electron chi connectivity index (χ0n) is 5.72. The standard InChI is InChI=1S/C7H8N2O/c1-8-7(10)6-2-4-9-5-3-6/h2-5H,1H3,(H,8,10)/p+1. The Morgan fingerprint density at radius 3 is 2.60 bits per heavy atom. The van der Waals surface area contributed by atoms with Crippen LogP contribution in [0.5, 0.6) is 0 Å². The van der Waals surface area contributed by atoms with Gasteiger partial charge in [0.05, 0.1) is 5.56 Å². The lowest BCUT2D eigenvalue weighted by molar-refractivity contribution is -0.378. The molecule has 1 rings (SSSR count). The lowest BCUT2D eigenvalue weighted by atomic mass is 10.2. The predicted octanol–water partition coefficient (Wildman–Crippen LogP) is -0.140. The number of carbonyl (C=O) groups is 1. The van der Waals surface area contributed by atoms with Crippen LogP contribution in [0.4, 0.5) is 0 Å². The highest BCUT2D eigenvalue weighted by atomic mass is 16.1. The van der Waals surface area contributed by atoms with E-state index in [1.807, 2.05) is 0 Å². The van der Waals surface area contributed by atoms with E-state index in [0.717, 1.165) is 0 Å². The summed E-state index contributed by atoms with van der Waals surface area (Å²) in [4.78, 5) is 13.7. The van der Waals surface area contributed by atoms with Gasteiger partial charge in [-0.25, -0.2) is 4.98 Å². The minimum Gasteiger partial charge on any atom is -0.355 e. The van der Waals surface area contributed by atoms with Gasteiger partial charge in [0, 0.05) is 19.2 Å². The van der Waals surface area contributed by atoms with Gasteiger partial charge in [-0.3, -0.25) is 4.79 Å². The van der Waals surface area contributed by atoms with Crippen molar-refractivity contribution in [1.29, 1.82) is 0 Å². The number of aromatic amines is 1. The van der Waals surface area contributed by atoms with Crippen LogP contribution in [0.15, 0.2) is 24.5 Å². The van der Waals surface area contributed by atoms with E-state index in [0.29, 0.717) is 5.56 Å². The molecule has 0 atom stereocenters. The zero-order valence-corrected chi connectivity index (χ0v) is 5.72. The van der Waals surface area contributed by atoms with Crippen molar-refractivity contribution in [3.8, 4) is 0 Å². The van der Waals surface area contributed by atoms with Gasteiger partial charge in [-0.2, -0.15) is 0 Å². The van der Waals surface area contributed by atoms with E-state index in [2.05, 4.69) is 10.3 Å². The molecule has 0 aliphatic rings. The molecule has 0 aliphatic carbocycles. The van der Waals surface area contributed by atoms with E-state index in [4.69, 9.17) is 0 Å². The number of nitrogens with one attached hydrogen (secondary N) is 2. The normalized spacial score (nSPS) is 8.90. The molecule has 3 nitrogen and oxygen atoms in total. The van der Waals surface area contributed by atoms with Crippen LogP contribution in [-0.2, 0) is 0 Å². The molecule has 1 aromatic heterocycles. The second kappa shape index (κ2) is 2.96. The van der Waals surface area contributed by atoms with Crippen LogP contribution in [0.25, 0.3) is 0 Å². The van der Waals surface area contributed by atoms with Gasteiger partial charge in [0.15, 0.2) is 12.4 Å². The number of carbonyl (C=O) groups excluding carboxylic acids is 1. The molecule has 0 spiro atoms. The van der Waals surface area contributed by atoms with E-state index < -0.39 is 0 Å². The third-order valence-electron chi connectivity index (χ3n) is 1.21. The molecule has 1 aromatic rings. The molecule has 3 heteroatoms. The summed E-state index contributed by atoms with van der Waals surface area (Å²) in [6.45, 7) is 0. The highest BCUT2D eigenvalue weighted by Gasteiger charge is 2.00. The highest BCUT2D eigenvalue weighted by Crippen LogP contribution is 1.91. The molecule has 0 unspecified atom stereocenters. The Hall–Kier alpha value is -1.38. The molecular weight excluding hydrogens is 128 g/mol. The Morgan fingerprint density at radius 2 is 2.10 bits per heavy atom. The SMILES string of the molecule is CNC(=O)c1cc[nH+]cc1. The summed E-state index contributed by atoms with van der Waals surface area (Å²) in [6, 6.07) is 3.44. The first-order chi connectivity index (χ1) is 4.84. The summed E-state index contributed by atoms with van der Waals surface area (Å²) in [5.41, 5.74) is 0.668. The average molecular weight is 137 g/mol. The van der Waals surface area contributed by atoms with Crippen molar-refractivity contribution in [2.45, 2.75) is 0 Å². The lowest BCUT2D eigenvalue weighted by Gasteiger charge is -1.93. The van der Waals surface area contributed by atoms with Crippen molar-refractivity contribution in [3.05, 3.63) is 30.1 Å². The Kier molecular flexibility index (Phi) is 1.99. The van der Waals surface area contributed by atoms with Crippen molar-refractivity contribution in [2.75, 3.05) is 7.05 Å². The highest BCUT2D eigenvalue weighted by molar-refractivity contribution is 5.93. The van der Waals surface area contributed by atoms with Crippen molar-refractivity contribution in [3.63, 3.8) is 0 Å². The molecule has 0 fully saturated rings. The summed E-state index contributed by atoms with van der Waals surface area (Å²) in [5.74, 6) is -0.0611. The molecule has 0 bridgehead atoms. The van der Waals surface area contributed by atoms with Crippen molar-refractivity contribution < 1.29 is 9.78 Å². The van der Waals surface area contributed by atoms with Gasteiger partial charge in [0.1, 0.15) is 0 Å². The van der Waals surface area contributed by atoms with Crippen LogP contribution in [0.1, 0.15) is 10.4 Å². The van der Waals surface area contributed by atoms with E-state index in [-0.39, 0.29) is 5.91 Å². The maximum absolute atomic E-state index is 10.9. The molecule has 2 N–H and O–H groups in total. The molecule has 0 saturated carbocycles. The minimum absolute atomic E-state index is 0.0611. The average Bonchev–Trinajstić information content (AvgIpc) is 2.05. The molecule has 52 valence electrons. The molecular formula is C7H9N2O+.